The van der Waals surface area contributed by atoms with Crippen molar-refractivity contribution in [3.05, 3.63) is 11.9 Å². The summed E-state index contributed by atoms with van der Waals surface area (Å²) in [5, 5.41) is 10.6. The summed E-state index contributed by atoms with van der Waals surface area (Å²) in [5.74, 6) is -0.0366. The van der Waals surface area contributed by atoms with Gasteiger partial charge in [-0.1, -0.05) is 11.6 Å². The molecule has 19 heavy (non-hydrogen) atoms. The SMILES string of the molecule is NCc1cn(CC(=O)NCCN2CCCCC2)nn1. The van der Waals surface area contributed by atoms with Crippen molar-refractivity contribution in [2.75, 3.05) is 26.2 Å². The predicted octanol–water partition coefficient (Wildman–Crippen LogP) is -0.661. The van der Waals surface area contributed by atoms with Gasteiger partial charge in [0, 0.05) is 19.6 Å². The van der Waals surface area contributed by atoms with Gasteiger partial charge in [-0.05, 0) is 25.9 Å². The molecule has 1 saturated heterocycles. The van der Waals surface area contributed by atoms with Gasteiger partial charge in [0.15, 0.2) is 0 Å². The van der Waals surface area contributed by atoms with E-state index < -0.39 is 0 Å². The van der Waals surface area contributed by atoms with Crippen LogP contribution in [-0.2, 0) is 17.9 Å². The van der Waals surface area contributed by atoms with Crippen molar-refractivity contribution < 1.29 is 4.79 Å². The number of rotatable bonds is 6. The van der Waals surface area contributed by atoms with E-state index in [1.54, 1.807) is 6.20 Å². The zero-order chi connectivity index (χ0) is 13.5. The topological polar surface area (TPSA) is 89.1 Å². The number of nitrogens with zero attached hydrogens (tertiary/aromatic N) is 4. The highest BCUT2D eigenvalue weighted by Crippen LogP contribution is 2.07. The van der Waals surface area contributed by atoms with Crippen LogP contribution in [-0.4, -0.2) is 52.0 Å². The highest BCUT2D eigenvalue weighted by molar-refractivity contribution is 5.75. The second kappa shape index (κ2) is 7.20. The van der Waals surface area contributed by atoms with E-state index in [1.807, 2.05) is 0 Å². The molecule has 3 N–H and O–H groups in total. The number of nitrogens with one attached hydrogen (secondary N) is 1. The average molecular weight is 266 g/mol. The number of hydrogen-bond acceptors (Lipinski definition) is 5. The number of carbonyl (C=O) groups excluding carboxylic acids is 1. The Labute approximate surface area is 113 Å². The molecule has 1 amide bonds. The van der Waals surface area contributed by atoms with E-state index in [0.29, 0.717) is 18.8 Å². The molecule has 1 aromatic heterocycles. The molecule has 106 valence electrons. The zero-order valence-electron chi connectivity index (χ0n) is 11.2. The number of hydrogen-bond donors (Lipinski definition) is 2. The number of carbonyl (C=O) groups is 1. The largest absolute Gasteiger partial charge is 0.353 e. The van der Waals surface area contributed by atoms with Crippen LogP contribution in [0.4, 0.5) is 0 Å². The maximum Gasteiger partial charge on any atom is 0.241 e. The smallest absolute Gasteiger partial charge is 0.241 e. The van der Waals surface area contributed by atoms with Crippen molar-refractivity contribution in [2.45, 2.75) is 32.4 Å². The number of aromatic nitrogens is 3. The Bertz CT molecular complexity index is 399. The van der Waals surface area contributed by atoms with Crippen LogP contribution in [0.1, 0.15) is 25.0 Å². The number of likely N-dealkylation sites (tertiary alicyclic amines) is 1. The predicted molar refractivity (Wildman–Crippen MR) is 71.2 cm³/mol. The molecule has 0 aliphatic carbocycles. The molecular formula is C12H22N6O. The van der Waals surface area contributed by atoms with Gasteiger partial charge in [0.1, 0.15) is 6.54 Å². The van der Waals surface area contributed by atoms with Crippen molar-refractivity contribution in [1.82, 2.24) is 25.2 Å². The average Bonchev–Trinajstić information content (AvgIpc) is 2.87. The summed E-state index contributed by atoms with van der Waals surface area (Å²) in [4.78, 5) is 14.1. The summed E-state index contributed by atoms with van der Waals surface area (Å²) < 4.78 is 1.51. The van der Waals surface area contributed by atoms with E-state index in [0.717, 1.165) is 19.6 Å². The minimum Gasteiger partial charge on any atom is -0.353 e. The van der Waals surface area contributed by atoms with Crippen molar-refractivity contribution >= 4 is 5.91 Å². The molecule has 2 heterocycles. The summed E-state index contributed by atoms with van der Waals surface area (Å²) in [7, 11) is 0. The van der Waals surface area contributed by atoms with Crippen molar-refractivity contribution in [2.24, 2.45) is 5.73 Å². The van der Waals surface area contributed by atoms with E-state index in [9.17, 15) is 4.79 Å². The van der Waals surface area contributed by atoms with Crippen LogP contribution in [0.3, 0.4) is 0 Å². The number of nitrogens with two attached hydrogens (primary N) is 1. The van der Waals surface area contributed by atoms with Crippen LogP contribution < -0.4 is 11.1 Å². The van der Waals surface area contributed by atoms with Gasteiger partial charge in [0.2, 0.25) is 5.91 Å². The summed E-state index contributed by atoms with van der Waals surface area (Å²) in [6, 6.07) is 0. The molecule has 1 aromatic rings. The summed E-state index contributed by atoms with van der Waals surface area (Å²) in [5.41, 5.74) is 6.13. The molecule has 2 rings (SSSR count). The van der Waals surface area contributed by atoms with E-state index in [1.165, 1.54) is 23.9 Å². The molecule has 0 unspecified atom stereocenters. The Morgan fingerprint density at radius 1 is 1.37 bits per heavy atom. The maximum atomic E-state index is 11.7. The van der Waals surface area contributed by atoms with Gasteiger partial charge in [-0.3, -0.25) is 4.79 Å². The number of piperidine rings is 1. The quantitative estimate of drug-likeness (QED) is 0.713. The van der Waals surface area contributed by atoms with Crippen molar-refractivity contribution in [3.63, 3.8) is 0 Å². The Kier molecular flexibility index (Phi) is 5.29. The summed E-state index contributed by atoms with van der Waals surface area (Å²) >= 11 is 0. The lowest BCUT2D eigenvalue weighted by molar-refractivity contribution is -0.121. The molecule has 7 nitrogen and oxygen atoms in total. The lowest BCUT2D eigenvalue weighted by atomic mass is 10.1. The fraction of sp³-hybridized carbons (Fsp3) is 0.750. The first kappa shape index (κ1) is 14.0. The van der Waals surface area contributed by atoms with E-state index in [4.69, 9.17) is 5.73 Å². The molecule has 0 bridgehead atoms. The Morgan fingerprint density at radius 2 is 2.16 bits per heavy atom. The number of amides is 1. The van der Waals surface area contributed by atoms with Crippen LogP contribution in [0.5, 0.6) is 0 Å². The van der Waals surface area contributed by atoms with E-state index in [-0.39, 0.29) is 12.5 Å². The van der Waals surface area contributed by atoms with E-state index in [2.05, 4.69) is 20.5 Å². The van der Waals surface area contributed by atoms with Crippen molar-refractivity contribution in [3.8, 4) is 0 Å². The minimum absolute atomic E-state index is 0.0366. The van der Waals surface area contributed by atoms with Gasteiger partial charge < -0.3 is 16.0 Å². The molecular weight excluding hydrogens is 244 g/mol. The lowest BCUT2D eigenvalue weighted by Crippen LogP contribution is -2.38. The molecule has 1 aliphatic heterocycles. The third-order valence-electron chi connectivity index (χ3n) is 3.30. The lowest BCUT2D eigenvalue weighted by Gasteiger charge is -2.26. The summed E-state index contributed by atoms with van der Waals surface area (Å²) in [6.45, 7) is 4.47. The first-order valence-electron chi connectivity index (χ1n) is 6.86. The van der Waals surface area contributed by atoms with Crippen LogP contribution in [0.15, 0.2) is 6.20 Å². The van der Waals surface area contributed by atoms with Gasteiger partial charge in [0.05, 0.1) is 11.9 Å². The fourth-order valence-corrected chi connectivity index (χ4v) is 2.25. The minimum atomic E-state index is -0.0366. The third kappa shape index (κ3) is 4.60. The zero-order valence-corrected chi connectivity index (χ0v) is 11.2. The van der Waals surface area contributed by atoms with Gasteiger partial charge in [-0.25, -0.2) is 4.68 Å². The van der Waals surface area contributed by atoms with Gasteiger partial charge in [-0.2, -0.15) is 0 Å². The van der Waals surface area contributed by atoms with Crippen molar-refractivity contribution in [1.29, 1.82) is 0 Å². The second-order valence-electron chi connectivity index (χ2n) is 4.86. The maximum absolute atomic E-state index is 11.7. The fourth-order valence-electron chi connectivity index (χ4n) is 2.25. The highest BCUT2D eigenvalue weighted by atomic mass is 16.2. The summed E-state index contributed by atoms with van der Waals surface area (Å²) in [6.07, 6.45) is 5.58. The Morgan fingerprint density at radius 3 is 2.84 bits per heavy atom. The molecule has 1 fully saturated rings. The normalized spacial score (nSPS) is 16.5. The molecule has 0 saturated carbocycles. The molecule has 0 atom stereocenters. The van der Waals surface area contributed by atoms with Crippen LogP contribution in [0, 0.1) is 0 Å². The monoisotopic (exact) mass is 266 g/mol. The highest BCUT2D eigenvalue weighted by Gasteiger charge is 2.10. The first-order chi connectivity index (χ1) is 9.28. The molecule has 1 aliphatic rings. The van der Waals surface area contributed by atoms with Crippen LogP contribution in [0.2, 0.25) is 0 Å². The standard InChI is InChI=1S/C12H22N6O/c13-8-11-9-18(16-15-11)10-12(19)14-4-7-17-5-2-1-3-6-17/h9H,1-8,10,13H2,(H,14,19). The van der Waals surface area contributed by atoms with Gasteiger partial charge in [0.25, 0.3) is 0 Å². The molecule has 0 radical (unpaired) electrons. The first-order valence-corrected chi connectivity index (χ1v) is 6.86. The second-order valence-corrected chi connectivity index (χ2v) is 4.86. The molecule has 0 aromatic carbocycles. The Balaban J connectivity index is 1.63. The molecule has 7 heteroatoms. The van der Waals surface area contributed by atoms with E-state index >= 15 is 0 Å². The van der Waals surface area contributed by atoms with Gasteiger partial charge in [-0.15, -0.1) is 5.10 Å². The Hall–Kier alpha value is -1.47. The van der Waals surface area contributed by atoms with Crippen LogP contribution >= 0.6 is 0 Å². The molecule has 0 spiro atoms. The van der Waals surface area contributed by atoms with Gasteiger partial charge >= 0.3 is 0 Å². The third-order valence-corrected chi connectivity index (χ3v) is 3.30. The van der Waals surface area contributed by atoms with Crippen LogP contribution in [0.25, 0.3) is 0 Å².